The van der Waals surface area contributed by atoms with Gasteiger partial charge < -0.3 is 0 Å². The summed E-state index contributed by atoms with van der Waals surface area (Å²) in [6.45, 7) is 6.04. The Hall–Kier alpha value is -2.33. The zero-order valence-electron chi connectivity index (χ0n) is 16.8. The van der Waals surface area contributed by atoms with E-state index in [1.807, 2.05) is 36.4 Å². The van der Waals surface area contributed by atoms with E-state index in [0.717, 1.165) is 41.4 Å². The molecule has 0 bridgehead atoms. The Morgan fingerprint density at radius 1 is 0.893 bits per heavy atom. The first-order chi connectivity index (χ1) is 13.6. The lowest BCUT2D eigenvalue weighted by Gasteiger charge is -2.41. The van der Waals surface area contributed by atoms with Crippen LogP contribution in [0.1, 0.15) is 66.7 Å². The second-order valence-corrected chi connectivity index (χ2v) is 8.69. The SMILES string of the molecule is C=CC1CCC2CC(c3ccc(C#Cc4ccc(C)cc4)cc3F)CCC2C1. The van der Waals surface area contributed by atoms with E-state index in [0.29, 0.717) is 11.8 Å². The van der Waals surface area contributed by atoms with Gasteiger partial charge in [0.15, 0.2) is 0 Å². The Kier molecular flexibility index (Phi) is 5.67. The summed E-state index contributed by atoms with van der Waals surface area (Å²) in [6, 6.07) is 13.7. The summed E-state index contributed by atoms with van der Waals surface area (Å²) in [7, 11) is 0. The van der Waals surface area contributed by atoms with Crippen molar-refractivity contribution in [1.82, 2.24) is 0 Å². The highest BCUT2D eigenvalue weighted by molar-refractivity contribution is 5.44. The van der Waals surface area contributed by atoms with Crippen LogP contribution >= 0.6 is 0 Å². The molecule has 4 atom stereocenters. The minimum atomic E-state index is -0.0843. The van der Waals surface area contributed by atoms with Gasteiger partial charge in [0, 0.05) is 11.1 Å². The van der Waals surface area contributed by atoms with Gasteiger partial charge in [-0.3, -0.25) is 0 Å². The number of hydrogen-bond donors (Lipinski definition) is 0. The van der Waals surface area contributed by atoms with E-state index < -0.39 is 0 Å². The van der Waals surface area contributed by atoms with Crippen molar-refractivity contribution < 1.29 is 4.39 Å². The monoisotopic (exact) mass is 372 g/mol. The topological polar surface area (TPSA) is 0 Å². The molecule has 2 aromatic carbocycles. The van der Waals surface area contributed by atoms with Crippen LogP contribution in [0.5, 0.6) is 0 Å². The first-order valence-corrected chi connectivity index (χ1v) is 10.6. The van der Waals surface area contributed by atoms with Crippen molar-refractivity contribution in [3.8, 4) is 11.8 Å². The summed E-state index contributed by atoms with van der Waals surface area (Å²) in [5, 5.41) is 0. The molecule has 0 spiro atoms. The number of fused-ring (bicyclic) bond motifs is 1. The Morgan fingerprint density at radius 3 is 2.32 bits per heavy atom. The van der Waals surface area contributed by atoms with Crippen LogP contribution in [0.3, 0.4) is 0 Å². The van der Waals surface area contributed by atoms with Gasteiger partial charge in [0.05, 0.1) is 0 Å². The van der Waals surface area contributed by atoms with Crippen molar-refractivity contribution >= 4 is 0 Å². The van der Waals surface area contributed by atoms with Crippen LogP contribution in [0.2, 0.25) is 0 Å². The Labute approximate surface area is 168 Å². The molecule has 0 heterocycles. The number of aryl methyl sites for hydroxylation is 1. The fraction of sp³-hybridized carbons (Fsp3) is 0.407. The van der Waals surface area contributed by atoms with Gasteiger partial charge in [-0.05, 0) is 98.9 Å². The van der Waals surface area contributed by atoms with Crippen molar-refractivity contribution in [2.45, 2.75) is 51.4 Å². The highest BCUT2D eigenvalue weighted by atomic mass is 19.1. The van der Waals surface area contributed by atoms with Crippen LogP contribution in [0.4, 0.5) is 4.39 Å². The highest BCUT2D eigenvalue weighted by Crippen LogP contribution is 2.48. The lowest BCUT2D eigenvalue weighted by molar-refractivity contribution is 0.132. The standard InChI is InChI=1S/C27H29F/c1-3-20-10-12-24-18-25(14-13-23(24)16-20)26-15-11-22(17-27(26)28)9-8-21-6-4-19(2)5-7-21/h3-7,11,15,17,20,23-25H,1,10,12-14,16,18H2,2H3. The fourth-order valence-corrected chi connectivity index (χ4v) is 5.14. The van der Waals surface area contributed by atoms with E-state index >= 15 is 0 Å². The molecule has 2 aliphatic rings. The predicted octanol–water partition coefficient (Wildman–Crippen LogP) is 7.02. The molecule has 0 radical (unpaired) electrons. The third kappa shape index (κ3) is 4.22. The summed E-state index contributed by atoms with van der Waals surface area (Å²) < 4.78 is 14.9. The zero-order valence-corrected chi connectivity index (χ0v) is 16.8. The Bertz CT molecular complexity index is 896. The number of benzene rings is 2. The molecular weight excluding hydrogens is 343 g/mol. The van der Waals surface area contributed by atoms with E-state index in [4.69, 9.17) is 0 Å². The second-order valence-electron chi connectivity index (χ2n) is 8.69. The average Bonchev–Trinajstić information content (AvgIpc) is 2.72. The molecule has 0 aromatic heterocycles. The quantitative estimate of drug-likeness (QED) is 0.392. The molecular formula is C27H29F. The van der Waals surface area contributed by atoms with Gasteiger partial charge >= 0.3 is 0 Å². The molecule has 2 fully saturated rings. The molecule has 1 heteroatoms. The first-order valence-electron chi connectivity index (χ1n) is 10.6. The first kappa shape index (κ1) is 19.0. The van der Waals surface area contributed by atoms with Crippen molar-refractivity contribution in [2.24, 2.45) is 17.8 Å². The van der Waals surface area contributed by atoms with Crippen LogP contribution in [0, 0.1) is 42.3 Å². The van der Waals surface area contributed by atoms with Crippen LogP contribution in [0.25, 0.3) is 0 Å². The molecule has 0 amide bonds. The molecule has 4 unspecified atom stereocenters. The van der Waals surface area contributed by atoms with Gasteiger partial charge in [-0.2, -0.15) is 0 Å². The van der Waals surface area contributed by atoms with Crippen molar-refractivity contribution in [2.75, 3.05) is 0 Å². The molecule has 28 heavy (non-hydrogen) atoms. The molecule has 0 nitrogen and oxygen atoms in total. The minimum absolute atomic E-state index is 0.0843. The maximum atomic E-state index is 14.9. The average molecular weight is 373 g/mol. The molecule has 0 aliphatic heterocycles. The van der Waals surface area contributed by atoms with Crippen LogP contribution in [-0.4, -0.2) is 0 Å². The molecule has 2 saturated carbocycles. The molecule has 4 rings (SSSR count). The van der Waals surface area contributed by atoms with E-state index in [1.165, 1.54) is 31.2 Å². The van der Waals surface area contributed by atoms with Gasteiger partial charge in [-0.25, -0.2) is 4.39 Å². The van der Waals surface area contributed by atoms with Gasteiger partial charge in [0.25, 0.3) is 0 Å². The summed E-state index contributed by atoms with van der Waals surface area (Å²) >= 11 is 0. The summed E-state index contributed by atoms with van der Waals surface area (Å²) in [4.78, 5) is 0. The number of hydrogen-bond acceptors (Lipinski definition) is 0. The Morgan fingerprint density at radius 2 is 1.57 bits per heavy atom. The second kappa shape index (κ2) is 8.36. The van der Waals surface area contributed by atoms with E-state index in [2.05, 4.69) is 31.4 Å². The largest absolute Gasteiger partial charge is 0.207 e. The van der Waals surface area contributed by atoms with Gasteiger partial charge in [-0.15, -0.1) is 6.58 Å². The van der Waals surface area contributed by atoms with E-state index in [1.54, 1.807) is 6.07 Å². The zero-order chi connectivity index (χ0) is 19.5. The van der Waals surface area contributed by atoms with E-state index in [-0.39, 0.29) is 5.82 Å². The summed E-state index contributed by atoms with van der Waals surface area (Å²) in [5.41, 5.74) is 3.82. The third-order valence-corrected chi connectivity index (χ3v) is 6.83. The molecule has 144 valence electrons. The number of allylic oxidation sites excluding steroid dienone is 1. The number of rotatable bonds is 2. The fourth-order valence-electron chi connectivity index (χ4n) is 5.14. The van der Waals surface area contributed by atoms with Crippen molar-refractivity contribution in [1.29, 1.82) is 0 Å². The smallest absolute Gasteiger partial charge is 0.127 e. The van der Waals surface area contributed by atoms with Crippen molar-refractivity contribution in [3.63, 3.8) is 0 Å². The van der Waals surface area contributed by atoms with Gasteiger partial charge in [0.2, 0.25) is 0 Å². The highest BCUT2D eigenvalue weighted by Gasteiger charge is 2.35. The predicted molar refractivity (Wildman–Crippen MR) is 115 cm³/mol. The van der Waals surface area contributed by atoms with Crippen LogP contribution < -0.4 is 0 Å². The van der Waals surface area contributed by atoms with Crippen LogP contribution in [0.15, 0.2) is 55.1 Å². The van der Waals surface area contributed by atoms with E-state index in [9.17, 15) is 4.39 Å². The third-order valence-electron chi connectivity index (χ3n) is 6.83. The Balaban J connectivity index is 1.45. The molecule has 2 aliphatic carbocycles. The normalized spacial score (nSPS) is 26.6. The van der Waals surface area contributed by atoms with Crippen molar-refractivity contribution in [3.05, 3.63) is 83.2 Å². The summed E-state index contributed by atoms with van der Waals surface area (Å²) in [6.07, 6.45) is 9.44. The lowest BCUT2D eigenvalue weighted by Crippen LogP contribution is -2.30. The molecule has 0 N–H and O–H groups in total. The minimum Gasteiger partial charge on any atom is -0.207 e. The summed E-state index contributed by atoms with van der Waals surface area (Å²) in [5.74, 6) is 8.79. The van der Waals surface area contributed by atoms with Crippen LogP contribution in [-0.2, 0) is 0 Å². The number of halogens is 1. The maximum Gasteiger partial charge on any atom is 0.127 e. The van der Waals surface area contributed by atoms with Gasteiger partial charge in [0.1, 0.15) is 5.82 Å². The maximum absolute atomic E-state index is 14.9. The molecule has 0 saturated heterocycles. The molecule has 2 aromatic rings. The lowest BCUT2D eigenvalue weighted by atomic mass is 9.64. The van der Waals surface area contributed by atoms with Gasteiger partial charge in [-0.1, -0.05) is 41.7 Å².